The quantitative estimate of drug-likeness (QED) is 0.598. The fourth-order valence-electron chi connectivity index (χ4n) is 3.58. The number of morpholine rings is 1. The molecule has 31 heavy (non-hydrogen) atoms. The van der Waals surface area contributed by atoms with Gasteiger partial charge in [-0.1, -0.05) is 37.3 Å². The molecule has 3 aromatic rings. The Morgan fingerprint density at radius 2 is 1.94 bits per heavy atom. The van der Waals surface area contributed by atoms with Crippen LogP contribution in [-0.2, 0) is 22.4 Å². The van der Waals surface area contributed by atoms with Crippen molar-refractivity contribution in [2.45, 2.75) is 26.7 Å². The van der Waals surface area contributed by atoms with Crippen LogP contribution in [0.2, 0.25) is 0 Å². The van der Waals surface area contributed by atoms with E-state index >= 15 is 0 Å². The summed E-state index contributed by atoms with van der Waals surface area (Å²) in [5.74, 6) is -0.221. The maximum absolute atomic E-state index is 13.4. The van der Waals surface area contributed by atoms with E-state index < -0.39 is 0 Å². The molecule has 2 amide bonds. The maximum atomic E-state index is 13.4. The van der Waals surface area contributed by atoms with Gasteiger partial charge in [0.1, 0.15) is 5.00 Å². The monoisotopic (exact) mass is 455 g/mol. The molecule has 162 valence electrons. The van der Waals surface area contributed by atoms with Crippen LogP contribution in [0.3, 0.4) is 0 Å². The van der Waals surface area contributed by atoms with Gasteiger partial charge in [-0.3, -0.25) is 9.59 Å². The Labute approximate surface area is 189 Å². The van der Waals surface area contributed by atoms with Crippen molar-refractivity contribution in [1.82, 2.24) is 9.88 Å². The van der Waals surface area contributed by atoms with Gasteiger partial charge in [0, 0.05) is 23.3 Å². The number of hydrogen-bond acceptors (Lipinski definition) is 6. The van der Waals surface area contributed by atoms with Gasteiger partial charge >= 0.3 is 0 Å². The lowest BCUT2D eigenvalue weighted by atomic mass is 10.1. The summed E-state index contributed by atoms with van der Waals surface area (Å²) in [6, 6.07) is 9.96. The van der Waals surface area contributed by atoms with E-state index in [-0.39, 0.29) is 18.2 Å². The van der Waals surface area contributed by atoms with Crippen molar-refractivity contribution in [2.75, 3.05) is 31.6 Å². The Bertz CT molecular complexity index is 1070. The molecule has 2 aromatic heterocycles. The Kier molecular flexibility index (Phi) is 6.80. The Morgan fingerprint density at radius 3 is 2.61 bits per heavy atom. The first kappa shape index (κ1) is 21.7. The number of aryl methyl sites for hydroxylation is 1. The third-order valence-corrected chi connectivity index (χ3v) is 7.49. The average Bonchev–Trinajstić information content (AvgIpc) is 3.38. The highest BCUT2D eigenvalue weighted by atomic mass is 32.1. The second kappa shape index (κ2) is 9.72. The van der Waals surface area contributed by atoms with Gasteiger partial charge in [0.25, 0.3) is 5.91 Å². The molecule has 1 N–H and O–H groups in total. The van der Waals surface area contributed by atoms with E-state index in [1.165, 1.54) is 11.3 Å². The summed E-state index contributed by atoms with van der Waals surface area (Å²) < 4.78 is 5.40. The van der Waals surface area contributed by atoms with E-state index in [2.05, 4.69) is 10.3 Å². The van der Waals surface area contributed by atoms with E-state index in [0.717, 1.165) is 33.1 Å². The van der Waals surface area contributed by atoms with E-state index in [1.807, 2.05) is 49.6 Å². The summed E-state index contributed by atoms with van der Waals surface area (Å²) in [6.07, 6.45) is 1.05. The molecule has 6 nitrogen and oxygen atoms in total. The van der Waals surface area contributed by atoms with Gasteiger partial charge in [-0.25, -0.2) is 4.98 Å². The van der Waals surface area contributed by atoms with Gasteiger partial charge in [-0.05, 0) is 24.5 Å². The molecule has 1 saturated heterocycles. The number of aromatic nitrogens is 1. The van der Waals surface area contributed by atoms with Crippen molar-refractivity contribution < 1.29 is 14.3 Å². The second-order valence-corrected chi connectivity index (χ2v) is 9.31. The van der Waals surface area contributed by atoms with Crippen molar-refractivity contribution >= 4 is 39.5 Å². The van der Waals surface area contributed by atoms with Crippen LogP contribution in [-0.4, -0.2) is 48.0 Å². The first-order valence-corrected chi connectivity index (χ1v) is 12.1. The zero-order valence-corrected chi connectivity index (χ0v) is 19.3. The summed E-state index contributed by atoms with van der Waals surface area (Å²) in [4.78, 5) is 33.5. The summed E-state index contributed by atoms with van der Waals surface area (Å²) in [7, 11) is 0. The molecule has 0 saturated carbocycles. The number of benzene rings is 1. The minimum atomic E-state index is -0.162. The van der Waals surface area contributed by atoms with Crippen LogP contribution in [0.1, 0.15) is 33.5 Å². The number of nitrogens with one attached hydrogen (secondary N) is 1. The van der Waals surface area contributed by atoms with Crippen LogP contribution in [0.15, 0.2) is 35.7 Å². The standard InChI is InChI=1S/C23H25N3O3S2/c1-3-19-24-17(14-30-19)13-18(27)25-22-20(23(28)26-9-11-29-12-10-26)15(2)21(31-22)16-7-5-4-6-8-16/h4-8,14H,3,9-13H2,1-2H3,(H,25,27). The molecular weight excluding hydrogens is 430 g/mol. The van der Waals surface area contributed by atoms with Gasteiger partial charge < -0.3 is 15.0 Å². The topological polar surface area (TPSA) is 71.5 Å². The summed E-state index contributed by atoms with van der Waals surface area (Å²) in [6.45, 7) is 6.18. The van der Waals surface area contributed by atoms with E-state index in [0.29, 0.717) is 36.9 Å². The number of carbonyl (C=O) groups is 2. The minimum absolute atomic E-state index is 0.0588. The molecule has 0 radical (unpaired) electrons. The fraction of sp³-hybridized carbons (Fsp3) is 0.348. The minimum Gasteiger partial charge on any atom is -0.378 e. The highest BCUT2D eigenvalue weighted by Gasteiger charge is 2.28. The first-order chi connectivity index (χ1) is 15.1. The van der Waals surface area contributed by atoms with Crippen LogP contribution in [0.4, 0.5) is 5.00 Å². The zero-order valence-electron chi connectivity index (χ0n) is 17.6. The molecular formula is C23H25N3O3S2. The Morgan fingerprint density at radius 1 is 1.19 bits per heavy atom. The highest BCUT2D eigenvalue weighted by molar-refractivity contribution is 7.20. The summed E-state index contributed by atoms with van der Waals surface area (Å²) in [5, 5.41) is 6.55. The normalized spacial score (nSPS) is 13.9. The number of thiazole rings is 1. The summed E-state index contributed by atoms with van der Waals surface area (Å²) in [5.41, 5.74) is 3.27. The molecule has 1 fully saturated rings. The van der Waals surface area contributed by atoms with Crippen molar-refractivity contribution in [3.63, 3.8) is 0 Å². The van der Waals surface area contributed by atoms with Crippen LogP contribution >= 0.6 is 22.7 Å². The predicted octanol–water partition coefficient (Wildman–Crippen LogP) is 4.40. The lowest BCUT2D eigenvalue weighted by Gasteiger charge is -2.27. The molecule has 3 heterocycles. The molecule has 1 aromatic carbocycles. The molecule has 1 aliphatic rings. The second-order valence-electron chi connectivity index (χ2n) is 7.34. The average molecular weight is 456 g/mol. The number of rotatable bonds is 6. The number of amides is 2. The van der Waals surface area contributed by atoms with Gasteiger partial charge in [0.2, 0.25) is 5.91 Å². The van der Waals surface area contributed by atoms with Gasteiger partial charge in [-0.2, -0.15) is 0 Å². The van der Waals surface area contributed by atoms with E-state index in [4.69, 9.17) is 4.74 Å². The Balaban J connectivity index is 1.64. The van der Waals surface area contributed by atoms with Crippen LogP contribution < -0.4 is 5.32 Å². The van der Waals surface area contributed by atoms with Crippen LogP contribution in [0, 0.1) is 6.92 Å². The summed E-state index contributed by atoms with van der Waals surface area (Å²) >= 11 is 3.02. The SMILES string of the molecule is CCc1nc(CC(=O)Nc2sc(-c3ccccc3)c(C)c2C(=O)N2CCOCC2)cs1. The molecule has 0 spiro atoms. The zero-order chi connectivity index (χ0) is 21.8. The maximum Gasteiger partial charge on any atom is 0.257 e. The lowest BCUT2D eigenvalue weighted by Crippen LogP contribution is -2.41. The number of anilines is 1. The van der Waals surface area contributed by atoms with Crippen molar-refractivity contribution in [1.29, 1.82) is 0 Å². The number of nitrogens with zero attached hydrogens (tertiary/aromatic N) is 2. The first-order valence-electron chi connectivity index (χ1n) is 10.4. The third kappa shape index (κ3) is 4.87. The van der Waals surface area contributed by atoms with Gasteiger partial charge in [-0.15, -0.1) is 22.7 Å². The van der Waals surface area contributed by atoms with Gasteiger partial charge in [0.15, 0.2) is 0 Å². The number of ether oxygens (including phenoxy) is 1. The van der Waals surface area contributed by atoms with Crippen molar-refractivity contribution in [3.8, 4) is 10.4 Å². The molecule has 8 heteroatoms. The highest BCUT2D eigenvalue weighted by Crippen LogP contribution is 2.40. The number of carbonyl (C=O) groups excluding carboxylic acids is 2. The largest absolute Gasteiger partial charge is 0.378 e. The van der Waals surface area contributed by atoms with Crippen molar-refractivity contribution in [3.05, 3.63) is 57.5 Å². The number of thiophene rings is 1. The third-order valence-electron chi connectivity index (χ3n) is 5.19. The smallest absolute Gasteiger partial charge is 0.257 e. The van der Waals surface area contributed by atoms with Crippen LogP contribution in [0.25, 0.3) is 10.4 Å². The van der Waals surface area contributed by atoms with Crippen LogP contribution in [0.5, 0.6) is 0 Å². The fourth-order valence-corrected chi connectivity index (χ4v) is 5.54. The van der Waals surface area contributed by atoms with Gasteiger partial charge in [0.05, 0.1) is 35.9 Å². The predicted molar refractivity (Wildman–Crippen MR) is 125 cm³/mol. The number of hydrogen-bond donors (Lipinski definition) is 1. The molecule has 0 unspecified atom stereocenters. The molecule has 0 atom stereocenters. The van der Waals surface area contributed by atoms with Crippen molar-refractivity contribution in [2.24, 2.45) is 0 Å². The Hall–Kier alpha value is -2.55. The molecule has 0 bridgehead atoms. The molecule has 0 aliphatic carbocycles. The van der Waals surface area contributed by atoms with E-state index in [1.54, 1.807) is 16.2 Å². The molecule has 1 aliphatic heterocycles. The van der Waals surface area contributed by atoms with E-state index in [9.17, 15) is 9.59 Å². The lowest BCUT2D eigenvalue weighted by molar-refractivity contribution is -0.115. The molecule has 4 rings (SSSR count).